The van der Waals surface area contributed by atoms with Gasteiger partial charge in [-0.1, -0.05) is 0 Å². The predicted octanol–water partition coefficient (Wildman–Crippen LogP) is 4.63. The average molecular weight is 431 g/mol. The van der Waals surface area contributed by atoms with Gasteiger partial charge in [-0.3, -0.25) is 0 Å². The van der Waals surface area contributed by atoms with Crippen molar-refractivity contribution in [3.05, 3.63) is 53.6 Å². The summed E-state index contributed by atoms with van der Waals surface area (Å²) in [7, 11) is 1.59. The number of anilines is 2. The van der Waals surface area contributed by atoms with E-state index in [0.29, 0.717) is 5.69 Å². The van der Waals surface area contributed by atoms with Crippen molar-refractivity contribution in [2.24, 2.45) is 0 Å². The van der Waals surface area contributed by atoms with Crippen molar-refractivity contribution >= 4 is 40.6 Å². The van der Waals surface area contributed by atoms with Gasteiger partial charge in [-0.05, 0) is 82.4 Å². The molecule has 7 nitrogen and oxygen atoms in total. The lowest BCUT2D eigenvalue weighted by molar-refractivity contribution is 0.0377. The third-order valence-electron chi connectivity index (χ3n) is 3.70. The minimum absolute atomic E-state index is 0.219. The summed E-state index contributed by atoms with van der Waals surface area (Å²) in [6.45, 7) is 7.01. The summed E-state index contributed by atoms with van der Waals surface area (Å²) in [5, 5.41) is 6.32. The van der Waals surface area contributed by atoms with Crippen LogP contribution in [0.4, 0.5) is 11.4 Å². The second-order valence-corrected chi connectivity index (χ2v) is 7.42. The van der Waals surface area contributed by atoms with Gasteiger partial charge in [-0.15, -0.1) is 0 Å². The van der Waals surface area contributed by atoms with Gasteiger partial charge in [0, 0.05) is 11.4 Å². The molecule has 0 saturated carbocycles. The van der Waals surface area contributed by atoms with Crippen molar-refractivity contribution in [3.63, 3.8) is 0 Å². The summed E-state index contributed by atoms with van der Waals surface area (Å²) < 4.78 is 15.6. The molecule has 0 radical (unpaired) electrons. The Kier molecular flexibility index (Phi) is 8.17. The van der Waals surface area contributed by atoms with Crippen molar-refractivity contribution in [2.75, 3.05) is 17.7 Å². The first-order valence-electron chi connectivity index (χ1n) is 9.47. The molecule has 0 aromatic heterocycles. The smallest absolute Gasteiger partial charge is 0.338 e. The monoisotopic (exact) mass is 430 g/mol. The molecule has 2 N–H and O–H groups in total. The Morgan fingerprint density at radius 1 is 0.800 bits per heavy atom. The highest BCUT2D eigenvalue weighted by molar-refractivity contribution is 7.80. The molecule has 0 aliphatic rings. The lowest BCUT2D eigenvalue weighted by Gasteiger charge is -2.15. The van der Waals surface area contributed by atoms with E-state index in [1.807, 2.05) is 12.1 Å². The van der Waals surface area contributed by atoms with Crippen LogP contribution in [0.2, 0.25) is 0 Å². The lowest BCUT2D eigenvalue weighted by Crippen LogP contribution is -2.20. The fraction of sp³-hybridized carbons (Fsp3) is 0.318. The largest absolute Gasteiger partial charge is 0.497 e. The first-order valence-corrected chi connectivity index (χ1v) is 9.88. The molecule has 30 heavy (non-hydrogen) atoms. The minimum Gasteiger partial charge on any atom is -0.497 e. The Labute approximate surface area is 181 Å². The zero-order valence-corrected chi connectivity index (χ0v) is 18.5. The van der Waals surface area contributed by atoms with Crippen molar-refractivity contribution in [1.82, 2.24) is 0 Å². The van der Waals surface area contributed by atoms with Crippen LogP contribution in [0.1, 0.15) is 48.4 Å². The maximum absolute atomic E-state index is 12.4. The van der Waals surface area contributed by atoms with Gasteiger partial charge in [-0.2, -0.15) is 0 Å². The van der Waals surface area contributed by atoms with Crippen LogP contribution in [-0.4, -0.2) is 36.4 Å². The summed E-state index contributed by atoms with van der Waals surface area (Å²) in [6, 6.07) is 11.8. The van der Waals surface area contributed by atoms with E-state index in [2.05, 4.69) is 10.6 Å². The van der Waals surface area contributed by atoms with Gasteiger partial charge >= 0.3 is 11.9 Å². The van der Waals surface area contributed by atoms with Gasteiger partial charge < -0.3 is 24.8 Å². The van der Waals surface area contributed by atoms with E-state index in [9.17, 15) is 9.59 Å². The molecule has 160 valence electrons. The standard InChI is InChI=1S/C22H26N2O5S/c1-13(2)28-20(25)15-10-16(21(26)29-14(3)4)12-18(11-15)24-22(30)23-17-6-8-19(27-5)9-7-17/h6-14H,1-5H3,(H2,23,24,30). The Balaban J connectivity index is 2.23. The predicted molar refractivity (Wildman–Crippen MR) is 120 cm³/mol. The second-order valence-electron chi connectivity index (χ2n) is 7.01. The summed E-state index contributed by atoms with van der Waals surface area (Å²) in [4.78, 5) is 24.8. The quantitative estimate of drug-likeness (QED) is 0.486. The number of rotatable bonds is 7. The van der Waals surface area contributed by atoms with E-state index < -0.39 is 11.9 Å². The average Bonchev–Trinajstić information content (AvgIpc) is 2.67. The van der Waals surface area contributed by atoms with Gasteiger partial charge in [-0.25, -0.2) is 9.59 Å². The maximum atomic E-state index is 12.4. The second kappa shape index (κ2) is 10.6. The molecule has 0 saturated heterocycles. The summed E-state index contributed by atoms with van der Waals surface area (Å²) in [5.74, 6) is -0.355. The molecule has 2 aromatic carbocycles. The molecule has 8 heteroatoms. The summed E-state index contributed by atoms with van der Waals surface area (Å²) in [5.41, 5.74) is 1.64. The summed E-state index contributed by atoms with van der Waals surface area (Å²) in [6.07, 6.45) is -0.587. The van der Waals surface area contributed by atoms with Gasteiger partial charge in [0.2, 0.25) is 0 Å². The molecule has 0 unspecified atom stereocenters. The van der Waals surface area contributed by atoms with Crippen LogP contribution in [0, 0.1) is 0 Å². The van der Waals surface area contributed by atoms with E-state index in [0.717, 1.165) is 11.4 Å². The van der Waals surface area contributed by atoms with Crippen molar-refractivity contribution in [3.8, 4) is 5.75 Å². The zero-order valence-electron chi connectivity index (χ0n) is 17.6. The number of hydrogen-bond acceptors (Lipinski definition) is 6. The van der Waals surface area contributed by atoms with Crippen LogP contribution in [0.5, 0.6) is 5.75 Å². The van der Waals surface area contributed by atoms with E-state index in [4.69, 9.17) is 26.4 Å². The van der Waals surface area contributed by atoms with E-state index >= 15 is 0 Å². The summed E-state index contributed by atoms with van der Waals surface area (Å²) >= 11 is 5.35. The Morgan fingerprint density at radius 2 is 1.27 bits per heavy atom. The fourth-order valence-electron chi connectivity index (χ4n) is 2.47. The molecule has 2 aromatic rings. The molecule has 0 fully saturated rings. The van der Waals surface area contributed by atoms with Gasteiger partial charge in [0.05, 0.1) is 30.4 Å². The lowest BCUT2D eigenvalue weighted by atomic mass is 10.1. The van der Waals surface area contributed by atoms with Crippen molar-refractivity contribution in [1.29, 1.82) is 0 Å². The van der Waals surface area contributed by atoms with Crippen molar-refractivity contribution in [2.45, 2.75) is 39.9 Å². The Bertz CT molecular complexity index is 870. The normalized spacial score (nSPS) is 10.5. The first kappa shape index (κ1) is 23.2. The van der Waals surface area contributed by atoms with Crippen LogP contribution in [-0.2, 0) is 9.47 Å². The molecule has 2 rings (SSSR count). The third-order valence-corrected chi connectivity index (χ3v) is 3.90. The maximum Gasteiger partial charge on any atom is 0.338 e. The zero-order chi connectivity index (χ0) is 22.3. The fourth-order valence-corrected chi connectivity index (χ4v) is 2.70. The number of thiocarbonyl (C=S) groups is 1. The van der Waals surface area contributed by atoms with Gasteiger partial charge in [0.1, 0.15) is 5.75 Å². The number of carbonyl (C=O) groups is 2. The molecule has 0 aliphatic carbocycles. The van der Waals surface area contributed by atoms with Crippen LogP contribution in [0.15, 0.2) is 42.5 Å². The third kappa shape index (κ3) is 7.04. The number of hydrogen-bond donors (Lipinski definition) is 2. The van der Waals surface area contributed by atoms with Gasteiger partial charge in [0.25, 0.3) is 0 Å². The van der Waals surface area contributed by atoms with Crippen molar-refractivity contribution < 1.29 is 23.8 Å². The number of esters is 2. The number of carbonyl (C=O) groups excluding carboxylic acids is 2. The molecular weight excluding hydrogens is 404 g/mol. The van der Waals surface area contributed by atoms with Crippen LogP contribution >= 0.6 is 12.2 Å². The topological polar surface area (TPSA) is 85.9 Å². The van der Waals surface area contributed by atoms with Crippen LogP contribution < -0.4 is 15.4 Å². The minimum atomic E-state index is -0.540. The highest BCUT2D eigenvalue weighted by Gasteiger charge is 2.17. The molecule has 0 heterocycles. The Hall–Kier alpha value is -3.13. The SMILES string of the molecule is COc1ccc(NC(=S)Nc2cc(C(=O)OC(C)C)cc(C(=O)OC(C)C)c2)cc1. The highest BCUT2D eigenvalue weighted by Crippen LogP contribution is 2.20. The number of benzene rings is 2. The van der Waals surface area contributed by atoms with Crippen LogP contribution in [0.3, 0.4) is 0 Å². The van der Waals surface area contributed by atoms with Gasteiger partial charge in [0.15, 0.2) is 5.11 Å². The molecule has 0 spiro atoms. The molecule has 0 atom stereocenters. The molecule has 0 aliphatic heterocycles. The Morgan fingerprint density at radius 3 is 1.70 bits per heavy atom. The number of nitrogens with one attached hydrogen (secondary N) is 2. The first-order chi connectivity index (χ1) is 14.2. The molecule has 0 amide bonds. The molecular formula is C22H26N2O5S. The molecule has 0 bridgehead atoms. The number of methoxy groups -OCH3 is 1. The van der Waals surface area contributed by atoms with E-state index in [1.165, 1.54) is 6.07 Å². The number of ether oxygens (including phenoxy) is 3. The highest BCUT2D eigenvalue weighted by atomic mass is 32.1. The van der Waals surface area contributed by atoms with E-state index in [-0.39, 0.29) is 28.4 Å². The van der Waals surface area contributed by atoms with E-state index in [1.54, 1.807) is 59.1 Å². The van der Waals surface area contributed by atoms with Crippen LogP contribution in [0.25, 0.3) is 0 Å².